The van der Waals surface area contributed by atoms with Gasteiger partial charge < -0.3 is 11.5 Å². The van der Waals surface area contributed by atoms with Gasteiger partial charge in [0.1, 0.15) is 0 Å². The van der Waals surface area contributed by atoms with Crippen molar-refractivity contribution in [2.24, 2.45) is 40.1 Å². The van der Waals surface area contributed by atoms with Crippen LogP contribution in [0.1, 0.15) is 19.3 Å². The highest BCUT2D eigenvalue weighted by Crippen LogP contribution is 2.66. The van der Waals surface area contributed by atoms with Gasteiger partial charge >= 0.3 is 0 Å². The first-order valence-corrected chi connectivity index (χ1v) is 4.86. The van der Waals surface area contributed by atoms with Crippen LogP contribution in [0.2, 0.25) is 0 Å². The summed E-state index contributed by atoms with van der Waals surface area (Å²) < 4.78 is 0. The highest BCUT2D eigenvalue weighted by atomic mass is 15.1. The number of hydrogen-bond acceptors (Lipinski definition) is 1. The van der Waals surface area contributed by atoms with E-state index in [1.54, 1.807) is 0 Å². The van der Waals surface area contributed by atoms with E-state index in [0.717, 1.165) is 23.7 Å². The van der Waals surface area contributed by atoms with Crippen molar-refractivity contribution in [3.63, 3.8) is 0 Å². The lowest BCUT2D eigenvalue weighted by Crippen LogP contribution is -2.24. The second kappa shape index (κ2) is 1.95. The Balaban J connectivity index is 1.79. The smallest absolute Gasteiger partial charge is 0.186 e. The Bertz CT molecular complexity index is 228. The molecule has 0 radical (unpaired) electrons. The lowest BCUT2D eigenvalue weighted by molar-refractivity contribution is 0.456. The largest absolute Gasteiger partial charge is 0.370 e. The normalized spacial score (nSPS) is 53.5. The Labute approximate surface area is 72.2 Å². The number of guanidine groups is 1. The molecule has 0 spiro atoms. The zero-order chi connectivity index (χ0) is 8.29. The Morgan fingerprint density at radius 2 is 1.67 bits per heavy atom. The highest BCUT2D eigenvalue weighted by Gasteiger charge is 2.65. The minimum Gasteiger partial charge on any atom is -0.370 e. The Kier molecular flexibility index (Phi) is 1.10. The van der Waals surface area contributed by atoms with Crippen molar-refractivity contribution in [3.05, 3.63) is 0 Å². The SMILES string of the molecule is NC(N)=NC1C2C3CCC(C3)C12. The summed E-state index contributed by atoms with van der Waals surface area (Å²) in [5.74, 6) is 3.95. The molecule has 0 heterocycles. The van der Waals surface area contributed by atoms with Gasteiger partial charge in [0.25, 0.3) is 0 Å². The molecule has 0 aliphatic heterocycles. The Morgan fingerprint density at radius 1 is 1.08 bits per heavy atom. The lowest BCUT2D eigenvalue weighted by Gasteiger charge is -2.03. The van der Waals surface area contributed by atoms with Crippen LogP contribution in [0, 0.1) is 23.7 Å². The van der Waals surface area contributed by atoms with E-state index in [4.69, 9.17) is 11.5 Å². The zero-order valence-electron chi connectivity index (χ0n) is 7.11. The van der Waals surface area contributed by atoms with Gasteiger partial charge in [-0.15, -0.1) is 0 Å². The fraction of sp³-hybridized carbons (Fsp3) is 0.889. The summed E-state index contributed by atoms with van der Waals surface area (Å²) in [7, 11) is 0. The van der Waals surface area contributed by atoms with Gasteiger partial charge in [0.05, 0.1) is 6.04 Å². The van der Waals surface area contributed by atoms with Crippen molar-refractivity contribution in [1.82, 2.24) is 0 Å². The quantitative estimate of drug-likeness (QED) is 0.433. The number of rotatable bonds is 1. The number of nitrogens with zero attached hydrogens (tertiary/aromatic N) is 1. The van der Waals surface area contributed by atoms with E-state index in [-0.39, 0.29) is 5.96 Å². The first-order chi connectivity index (χ1) is 5.77. The molecule has 3 heteroatoms. The molecule has 4 unspecified atom stereocenters. The predicted molar refractivity (Wildman–Crippen MR) is 47.4 cm³/mol. The Morgan fingerprint density at radius 3 is 2.17 bits per heavy atom. The maximum Gasteiger partial charge on any atom is 0.186 e. The minimum absolute atomic E-state index is 0.286. The minimum atomic E-state index is 0.286. The maximum absolute atomic E-state index is 5.38. The van der Waals surface area contributed by atoms with Crippen LogP contribution in [-0.2, 0) is 0 Å². The average Bonchev–Trinajstić information content (AvgIpc) is 2.43. The second-order valence-electron chi connectivity index (χ2n) is 4.53. The van der Waals surface area contributed by atoms with Gasteiger partial charge in [0.15, 0.2) is 5.96 Å². The molecule has 0 amide bonds. The highest BCUT2D eigenvalue weighted by molar-refractivity contribution is 5.76. The fourth-order valence-electron chi connectivity index (χ4n) is 3.62. The van der Waals surface area contributed by atoms with Crippen LogP contribution in [-0.4, -0.2) is 12.0 Å². The lowest BCUT2D eigenvalue weighted by atomic mass is 10.0. The fourth-order valence-corrected chi connectivity index (χ4v) is 3.62. The van der Waals surface area contributed by atoms with Crippen LogP contribution in [0.25, 0.3) is 0 Å². The van der Waals surface area contributed by atoms with Crippen molar-refractivity contribution in [2.45, 2.75) is 25.3 Å². The van der Waals surface area contributed by atoms with Crippen LogP contribution < -0.4 is 11.5 Å². The standard InChI is InChI=1S/C9H15N3/c10-9(11)12-8-6-4-1-2-5(3-4)7(6)8/h4-8H,1-3H2,(H4,10,11,12). The van der Waals surface area contributed by atoms with E-state index in [1.165, 1.54) is 19.3 Å². The van der Waals surface area contributed by atoms with Gasteiger partial charge in [-0.25, -0.2) is 4.99 Å². The van der Waals surface area contributed by atoms with Crippen LogP contribution in [0.15, 0.2) is 4.99 Å². The zero-order valence-corrected chi connectivity index (χ0v) is 7.11. The summed E-state index contributed by atoms with van der Waals surface area (Å²) in [6, 6.07) is 0.515. The predicted octanol–water partition coefficient (Wildman–Crippen LogP) is 0.304. The van der Waals surface area contributed by atoms with Crippen LogP contribution in [0.4, 0.5) is 0 Å². The van der Waals surface area contributed by atoms with Crippen molar-refractivity contribution in [2.75, 3.05) is 0 Å². The molecule has 66 valence electrons. The molecule has 3 fully saturated rings. The van der Waals surface area contributed by atoms with E-state index in [1.807, 2.05) is 0 Å². The molecule has 3 aliphatic rings. The molecule has 3 saturated carbocycles. The third-order valence-corrected chi connectivity index (χ3v) is 3.99. The van der Waals surface area contributed by atoms with E-state index >= 15 is 0 Å². The topological polar surface area (TPSA) is 64.4 Å². The molecule has 12 heavy (non-hydrogen) atoms. The van der Waals surface area contributed by atoms with Crippen molar-refractivity contribution in [3.8, 4) is 0 Å². The molecule has 4 atom stereocenters. The summed E-state index contributed by atoms with van der Waals surface area (Å²) >= 11 is 0. The number of hydrogen-bond donors (Lipinski definition) is 2. The van der Waals surface area contributed by atoms with Crippen molar-refractivity contribution in [1.29, 1.82) is 0 Å². The van der Waals surface area contributed by atoms with E-state index in [2.05, 4.69) is 4.99 Å². The monoisotopic (exact) mass is 165 g/mol. The van der Waals surface area contributed by atoms with Gasteiger partial charge in [0.2, 0.25) is 0 Å². The van der Waals surface area contributed by atoms with Gasteiger partial charge in [-0.1, -0.05) is 0 Å². The summed E-state index contributed by atoms with van der Waals surface area (Å²) in [5.41, 5.74) is 10.8. The number of nitrogens with two attached hydrogens (primary N) is 2. The van der Waals surface area contributed by atoms with Crippen molar-refractivity contribution < 1.29 is 0 Å². The molecule has 2 bridgehead atoms. The molecular formula is C9H15N3. The van der Waals surface area contributed by atoms with Gasteiger partial charge in [0, 0.05) is 0 Å². The summed E-state index contributed by atoms with van der Waals surface area (Å²) in [6.45, 7) is 0. The third kappa shape index (κ3) is 0.692. The van der Waals surface area contributed by atoms with Crippen LogP contribution in [0.3, 0.4) is 0 Å². The summed E-state index contributed by atoms with van der Waals surface area (Å²) in [5, 5.41) is 0. The molecule has 3 aliphatic carbocycles. The molecule has 3 rings (SSSR count). The number of fused-ring (bicyclic) bond motifs is 5. The van der Waals surface area contributed by atoms with Crippen LogP contribution in [0.5, 0.6) is 0 Å². The molecule has 3 nitrogen and oxygen atoms in total. The first kappa shape index (κ1) is 6.75. The number of aliphatic imine (C=N–C) groups is 1. The summed E-state index contributed by atoms with van der Waals surface area (Å²) in [4.78, 5) is 4.29. The molecule has 0 aromatic carbocycles. The second-order valence-corrected chi connectivity index (χ2v) is 4.53. The average molecular weight is 165 g/mol. The van der Waals surface area contributed by atoms with Crippen molar-refractivity contribution >= 4 is 5.96 Å². The van der Waals surface area contributed by atoms with E-state index in [9.17, 15) is 0 Å². The van der Waals surface area contributed by atoms with Gasteiger partial charge in [-0.2, -0.15) is 0 Å². The molecule has 0 aromatic heterocycles. The van der Waals surface area contributed by atoms with E-state index < -0.39 is 0 Å². The summed E-state index contributed by atoms with van der Waals surface area (Å²) in [6.07, 6.45) is 4.33. The first-order valence-electron chi connectivity index (χ1n) is 4.86. The Hall–Kier alpha value is -0.730. The molecule has 0 aromatic rings. The van der Waals surface area contributed by atoms with Gasteiger partial charge in [-0.3, -0.25) is 0 Å². The molecule has 4 N–H and O–H groups in total. The van der Waals surface area contributed by atoms with Crippen LogP contribution >= 0.6 is 0 Å². The third-order valence-electron chi connectivity index (χ3n) is 3.99. The van der Waals surface area contributed by atoms with Gasteiger partial charge in [-0.05, 0) is 42.9 Å². The molecular weight excluding hydrogens is 150 g/mol. The molecule has 0 saturated heterocycles. The van der Waals surface area contributed by atoms with E-state index in [0.29, 0.717) is 6.04 Å². The maximum atomic E-state index is 5.38.